The van der Waals surface area contributed by atoms with Crippen LogP contribution in [0.4, 0.5) is 32.3 Å². The molecule has 3 aromatic rings. The summed E-state index contributed by atoms with van der Waals surface area (Å²) >= 11 is 6.72. The molecule has 3 heterocycles. The molecule has 2 aliphatic rings. The van der Waals surface area contributed by atoms with Crippen LogP contribution in [0, 0.1) is 22.7 Å². The number of alkyl halides is 1. The van der Waals surface area contributed by atoms with Crippen molar-refractivity contribution in [3.8, 4) is 12.1 Å². The molecule has 2 fully saturated rings. The van der Waals surface area contributed by atoms with Gasteiger partial charge < -0.3 is 25.5 Å². The predicted molar refractivity (Wildman–Crippen MR) is 133 cm³/mol. The van der Waals surface area contributed by atoms with E-state index in [0.717, 1.165) is 17.7 Å². The Labute approximate surface area is 215 Å². The quantitative estimate of drug-likeness (QED) is 0.436. The van der Waals surface area contributed by atoms with E-state index in [4.69, 9.17) is 11.6 Å². The van der Waals surface area contributed by atoms with Gasteiger partial charge in [-0.05, 0) is 31.4 Å². The van der Waals surface area contributed by atoms with E-state index in [2.05, 4.69) is 31.8 Å². The third-order valence-corrected chi connectivity index (χ3v) is 6.87. The second-order valence-electron chi connectivity index (χ2n) is 9.00. The molecular formula is C23H22ClFN10O2. The number of carbonyl (C=O) groups is 1. The molecule has 3 N–H and O–H groups in total. The van der Waals surface area contributed by atoms with Gasteiger partial charge in [0.05, 0.1) is 46.8 Å². The number of benzene rings is 1. The van der Waals surface area contributed by atoms with Crippen molar-refractivity contribution in [3.05, 3.63) is 34.6 Å². The molecule has 37 heavy (non-hydrogen) atoms. The fourth-order valence-electron chi connectivity index (χ4n) is 4.33. The van der Waals surface area contributed by atoms with E-state index in [1.807, 2.05) is 6.07 Å². The summed E-state index contributed by atoms with van der Waals surface area (Å²) < 4.78 is 16.3. The molecule has 1 aromatic carbocycles. The lowest BCUT2D eigenvalue weighted by Crippen LogP contribution is -2.52. The smallest absolute Gasteiger partial charge is 0.407 e. The molecule has 0 spiro atoms. The molecular weight excluding hydrogens is 503 g/mol. The lowest BCUT2D eigenvalue weighted by Gasteiger charge is -2.39. The lowest BCUT2D eigenvalue weighted by molar-refractivity contribution is 0.0950. The van der Waals surface area contributed by atoms with Gasteiger partial charge >= 0.3 is 6.09 Å². The summed E-state index contributed by atoms with van der Waals surface area (Å²) in [7, 11) is 1.35. The number of halogens is 2. The number of rotatable bonds is 6. The molecule has 1 saturated carbocycles. The van der Waals surface area contributed by atoms with Crippen LogP contribution in [0.15, 0.2) is 18.3 Å². The number of aromatic nitrogens is 4. The van der Waals surface area contributed by atoms with Crippen LogP contribution in [0.2, 0.25) is 5.02 Å². The highest BCUT2D eigenvalue weighted by atomic mass is 35.5. The number of anilines is 4. The van der Waals surface area contributed by atoms with E-state index in [1.54, 1.807) is 11.0 Å². The fourth-order valence-corrected chi connectivity index (χ4v) is 4.61. The van der Waals surface area contributed by atoms with Crippen LogP contribution < -0.4 is 15.5 Å². The number of hydrogen-bond donors (Lipinski definition) is 3. The average molecular weight is 525 g/mol. The number of nitrogens with one attached hydrogen (secondary N) is 2. The van der Waals surface area contributed by atoms with E-state index >= 15 is 0 Å². The molecule has 2 atom stereocenters. The number of nitrogens with zero attached hydrogens (tertiary/aromatic N) is 8. The Morgan fingerprint density at radius 2 is 2.08 bits per heavy atom. The van der Waals surface area contributed by atoms with Gasteiger partial charge in [0.15, 0.2) is 17.2 Å². The van der Waals surface area contributed by atoms with Crippen LogP contribution in [0.1, 0.15) is 30.5 Å². The van der Waals surface area contributed by atoms with E-state index in [0.29, 0.717) is 29.4 Å². The number of piperidine rings is 1. The third-order valence-electron chi connectivity index (χ3n) is 6.47. The van der Waals surface area contributed by atoms with Crippen LogP contribution in [0.5, 0.6) is 0 Å². The number of amides is 1. The molecule has 0 bridgehead atoms. The van der Waals surface area contributed by atoms with E-state index in [1.165, 1.54) is 23.8 Å². The Kier molecular flexibility index (Phi) is 6.31. The molecule has 2 aromatic heterocycles. The van der Waals surface area contributed by atoms with Crippen LogP contribution >= 0.6 is 11.6 Å². The minimum absolute atomic E-state index is 0.0885. The highest BCUT2D eigenvalue weighted by molar-refractivity contribution is 6.36. The van der Waals surface area contributed by atoms with Crippen LogP contribution in [0.25, 0.3) is 5.65 Å². The number of hydrogen-bond acceptors (Lipinski definition) is 9. The number of nitriles is 2. The van der Waals surface area contributed by atoms with Crippen molar-refractivity contribution in [3.63, 3.8) is 0 Å². The largest absolute Gasteiger partial charge is 0.465 e. The first-order chi connectivity index (χ1) is 17.8. The monoisotopic (exact) mass is 524 g/mol. The minimum Gasteiger partial charge on any atom is -0.465 e. The van der Waals surface area contributed by atoms with Gasteiger partial charge in [-0.2, -0.15) is 20.0 Å². The maximum atomic E-state index is 15.0. The summed E-state index contributed by atoms with van der Waals surface area (Å²) in [5, 5.41) is 39.2. The number of imidazole rings is 1. The van der Waals surface area contributed by atoms with E-state index < -0.39 is 18.3 Å². The SMILES string of the molecule is CN(C(=O)O)[C@@H]1CCN(c2cc(C#N)cc(Nc3nc(NC4CC4)c4ncc(C#N)n4n3)c2Cl)C[C@@H]1F. The van der Waals surface area contributed by atoms with Crippen molar-refractivity contribution in [1.82, 2.24) is 24.5 Å². The van der Waals surface area contributed by atoms with Crippen LogP contribution in [0.3, 0.4) is 0 Å². The zero-order valence-electron chi connectivity index (χ0n) is 19.7. The zero-order valence-corrected chi connectivity index (χ0v) is 20.4. The fraction of sp³-hybridized carbons (Fsp3) is 0.391. The predicted octanol–water partition coefficient (Wildman–Crippen LogP) is 3.37. The Morgan fingerprint density at radius 1 is 1.30 bits per heavy atom. The Hall–Kier alpha value is -4.36. The van der Waals surface area contributed by atoms with Gasteiger partial charge in [0.2, 0.25) is 5.95 Å². The van der Waals surface area contributed by atoms with Crippen molar-refractivity contribution >= 4 is 46.5 Å². The highest BCUT2D eigenvalue weighted by Gasteiger charge is 2.35. The second-order valence-corrected chi connectivity index (χ2v) is 9.38. The summed E-state index contributed by atoms with van der Waals surface area (Å²) in [5.41, 5.74) is 1.67. The van der Waals surface area contributed by atoms with Crippen LogP contribution in [-0.4, -0.2) is 74.1 Å². The van der Waals surface area contributed by atoms with E-state index in [-0.39, 0.29) is 41.2 Å². The molecule has 0 unspecified atom stereocenters. The maximum absolute atomic E-state index is 15.0. The van der Waals surface area contributed by atoms with Gasteiger partial charge in [-0.25, -0.2) is 14.2 Å². The van der Waals surface area contributed by atoms with E-state index in [9.17, 15) is 24.8 Å². The number of carboxylic acid groups (broad SMARTS) is 1. The summed E-state index contributed by atoms with van der Waals surface area (Å²) in [5.74, 6) is 0.581. The van der Waals surface area contributed by atoms with Crippen LogP contribution in [-0.2, 0) is 0 Å². The van der Waals surface area contributed by atoms with Gasteiger partial charge in [-0.1, -0.05) is 11.6 Å². The molecule has 1 saturated heterocycles. The van der Waals surface area contributed by atoms with Crippen molar-refractivity contribution in [1.29, 1.82) is 10.5 Å². The van der Waals surface area contributed by atoms with Crippen molar-refractivity contribution in [2.75, 3.05) is 35.7 Å². The Bertz CT molecular complexity index is 1460. The molecule has 14 heteroatoms. The summed E-state index contributed by atoms with van der Waals surface area (Å²) in [6.07, 6.45) is 1.03. The minimum atomic E-state index is -1.44. The standard InChI is InChI=1S/C23H22ClFN10O2/c1-33(23(36)37)17-4-5-34(11-15(17)25)18-7-12(8-26)6-16(19(18)24)30-22-31-20(29-13-2-3-13)21-28-10-14(9-27)35(21)32-22/h6-7,10,13,15,17H,2-5,11H2,1H3,(H,36,37)(H2,29,30,31,32)/t15-,17+/m0/s1. The second kappa shape index (κ2) is 9.59. The van der Waals surface area contributed by atoms with Gasteiger partial charge in [0.25, 0.3) is 0 Å². The molecule has 0 radical (unpaired) electrons. The first-order valence-corrected chi connectivity index (χ1v) is 11.9. The summed E-state index contributed by atoms with van der Waals surface area (Å²) in [4.78, 5) is 22.7. The molecule has 5 rings (SSSR count). The molecule has 1 amide bonds. The summed E-state index contributed by atoms with van der Waals surface area (Å²) in [6, 6.07) is 6.72. The first kappa shape index (κ1) is 24.3. The Morgan fingerprint density at radius 3 is 2.73 bits per heavy atom. The summed E-state index contributed by atoms with van der Waals surface area (Å²) in [6.45, 7) is 0.254. The van der Waals surface area contributed by atoms with Gasteiger partial charge in [-0.3, -0.25) is 0 Å². The average Bonchev–Trinajstić information content (AvgIpc) is 3.60. The van der Waals surface area contributed by atoms with Gasteiger partial charge in [0, 0.05) is 19.6 Å². The van der Waals surface area contributed by atoms with Crippen molar-refractivity contribution in [2.24, 2.45) is 0 Å². The lowest BCUT2D eigenvalue weighted by atomic mass is 10.0. The topological polar surface area (TPSA) is 158 Å². The van der Waals surface area contributed by atoms with Gasteiger partial charge in [0.1, 0.15) is 12.2 Å². The third kappa shape index (κ3) is 4.73. The molecule has 1 aliphatic carbocycles. The first-order valence-electron chi connectivity index (χ1n) is 11.6. The molecule has 1 aliphatic heterocycles. The number of fused-ring (bicyclic) bond motifs is 1. The maximum Gasteiger partial charge on any atom is 0.407 e. The normalized spacial score (nSPS) is 19.2. The molecule has 190 valence electrons. The molecule has 12 nitrogen and oxygen atoms in total. The highest BCUT2D eigenvalue weighted by Crippen LogP contribution is 2.38. The Balaban J connectivity index is 1.47. The zero-order chi connectivity index (χ0) is 26.3. The van der Waals surface area contributed by atoms with Crippen molar-refractivity contribution in [2.45, 2.75) is 37.5 Å². The van der Waals surface area contributed by atoms with Gasteiger partial charge in [-0.15, -0.1) is 5.10 Å². The van der Waals surface area contributed by atoms with Crippen molar-refractivity contribution < 1.29 is 14.3 Å².